The monoisotopic (exact) mass is 176 g/mol. The van der Waals surface area contributed by atoms with E-state index >= 15 is 0 Å². The van der Waals surface area contributed by atoms with Crippen LogP contribution in [0.25, 0.3) is 0 Å². The fraction of sp³-hybridized carbons (Fsp3) is 0.714. The SMILES string of the molecule is C=C[C@@H]1O[C@@](O)(CO)[C@H](O)[C@@H]1O. The molecule has 4 N–H and O–H groups in total. The van der Waals surface area contributed by atoms with E-state index in [2.05, 4.69) is 6.58 Å². The van der Waals surface area contributed by atoms with Crippen molar-refractivity contribution in [3.05, 3.63) is 12.7 Å². The average molecular weight is 176 g/mol. The lowest BCUT2D eigenvalue weighted by Gasteiger charge is -2.22. The maximum atomic E-state index is 9.31. The van der Waals surface area contributed by atoms with Gasteiger partial charge in [-0.2, -0.15) is 0 Å². The Kier molecular flexibility index (Phi) is 2.50. The Bertz CT molecular complexity index is 183. The van der Waals surface area contributed by atoms with Crippen LogP contribution in [0, 0.1) is 0 Å². The molecular weight excluding hydrogens is 164 g/mol. The van der Waals surface area contributed by atoms with Crippen LogP contribution in [-0.4, -0.2) is 51.1 Å². The van der Waals surface area contributed by atoms with Gasteiger partial charge in [0.2, 0.25) is 5.79 Å². The maximum absolute atomic E-state index is 9.31. The van der Waals surface area contributed by atoms with Crippen LogP contribution < -0.4 is 0 Å². The first-order valence-electron chi connectivity index (χ1n) is 3.55. The van der Waals surface area contributed by atoms with Crippen LogP contribution >= 0.6 is 0 Å². The van der Waals surface area contributed by atoms with Crippen molar-refractivity contribution < 1.29 is 25.2 Å². The zero-order valence-corrected chi connectivity index (χ0v) is 6.42. The molecule has 0 aromatic carbocycles. The standard InChI is InChI=1S/C7H12O5/c1-2-4-5(9)6(10)7(11,3-8)12-4/h2,4-6,8-11H,1,3H2/t4-,5+,6+,7-/m0/s1. The molecule has 0 radical (unpaired) electrons. The van der Waals surface area contributed by atoms with Crippen LogP contribution in [-0.2, 0) is 4.74 Å². The molecule has 0 aromatic heterocycles. The highest BCUT2D eigenvalue weighted by molar-refractivity contribution is 5.01. The van der Waals surface area contributed by atoms with Gasteiger partial charge in [-0.3, -0.25) is 0 Å². The van der Waals surface area contributed by atoms with Gasteiger partial charge in [-0.1, -0.05) is 6.08 Å². The van der Waals surface area contributed by atoms with E-state index in [-0.39, 0.29) is 0 Å². The van der Waals surface area contributed by atoms with Crippen molar-refractivity contribution in [2.45, 2.75) is 24.1 Å². The summed E-state index contributed by atoms with van der Waals surface area (Å²) in [6.45, 7) is 2.57. The number of aliphatic hydroxyl groups excluding tert-OH is 3. The lowest BCUT2D eigenvalue weighted by molar-refractivity contribution is -0.241. The molecule has 12 heavy (non-hydrogen) atoms. The third-order valence-electron chi connectivity index (χ3n) is 1.92. The first-order chi connectivity index (χ1) is 5.55. The van der Waals surface area contributed by atoms with E-state index in [1.807, 2.05) is 0 Å². The van der Waals surface area contributed by atoms with E-state index in [1.54, 1.807) is 0 Å². The Labute approximate surface area is 69.5 Å². The molecule has 5 heteroatoms. The fourth-order valence-electron chi connectivity index (χ4n) is 1.14. The molecule has 0 aliphatic carbocycles. The summed E-state index contributed by atoms with van der Waals surface area (Å²) in [4.78, 5) is 0. The number of aliphatic hydroxyl groups is 4. The highest BCUT2D eigenvalue weighted by atomic mass is 16.7. The Balaban J connectivity index is 2.79. The second-order valence-corrected chi connectivity index (χ2v) is 2.76. The van der Waals surface area contributed by atoms with Crippen LogP contribution in [0.2, 0.25) is 0 Å². The van der Waals surface area contributed by atoms with E-state index < -0.39 is 30.7 Å². The van der Waals surface area contributed by atoms with Crippen molar-refractivity contribution in [1.29, 1.82) is 0 Å². The molecule has 1 saturated heterocycles. The van der Waals surface area contributed by atoms with Crippen LogP contribution in [0.15, 0.2) is 12.7 Å². The highest BCUT2D eigenvalue weighted by Crippen LogP contribution is 2.28. The molecule has 1 aliphatic heterocycles. The van der Waals surface area contributed by atoms with Crippen LogP contribution in [0.1, 0.15) is 0 Å². The quantitative estimate of drug-likeness (QED) is 0.364. The summed E-state index contributed by atoms with van der Waals surface area (Å²) >= 11 is 0. The van der Waals surface area contributed by atoms with Gasteiger partial charge in [0.1, 0.15) is 18.3 Å². The van der Waals surface area contributed by atoms with E-state index in [9.17, 15) is 15.3 Å². The van der Waals surface area contributed by atoms with Crippen molar-refractivity contribution in [3.63, 3.8) is 0 Å². The summed E-state index contributed by atoms with van der Waals surface area (Å²) in [5.41, 5.74) is 0. The molecule has 1 fully saturated rings. The first-order valence-corrected chi connectivity index (χ1v) is 3.55. The third-order valence-corrected chi connectivity index (χ3v) is 1.92. The van der Waals surface area contributed by atoms with Gasteiger partial charge < -0.3 is 25.2 Å². The Hall–Kier alpha value is -0.460. The molecule has 0 aromatic rings. The van der Waals surface area contributed by atoms with E-state index in [4.69, 9.17) is 9.84 Å². The molecule has 0 spiro atoms. The van der Waals surface area contributed by atoms with E-state index in [1.165, 1.54) is 6.08 Å². The topological polar surface area (TPSA) is 90.2 Å². The minimum absolute atomic E-state index is 0.768. The Morgan fingerprint density at radius 3 is 2.33 bits per heavy atom. The molecule has 0 bridgehead atoms. The number of hydrogen-bond acceptors (Lipinski definition) is 5. The normalized spacial score (nSPS) is 47.8. The first kappa shape index (κ1) is 9.63. The molecular formula is C7H12O5. The lowest BCUT2D eigenvalue weighted by atomic mass is 10.1. The second kappa shape index (κ2) is 3.12. The molecule has 0 saturated carbocycles. The lowest BCUT2D eigenvalue weighted by Crippen LogP contribution is -2.46. The molecule has 1 heterocycles. The summed E-state index contributed by atoms with van der Waals surface area (Å²) in [5.74, 6) is -2.07. The summed E-state index contributed by atoms with van der Waals surface area (Å²) in [6.07, 6.45) is -2.36. The van der Waals surface area contributed by atoms with Crippen molar-refractivity contribution in [1.82, 2.24) is 0 Å². The Morgan fingerprint density at radius 2 is 2.08 bits per heavy atom. The minimum Gasteiger partial charge on any atom is -0.391 e. The van der Waals surface area contributed by atoms with Gasteiger partial charge in [-0.25, -0.2) is 0 Å². The molecule has 1 aliphatic rings. The van der Waals surface area contributed by atoms with Gasteiger partial charge in [0.25, 0.3) is 0 Å². The molecule has 1 rings (SSSR count). The molecule has 5 nitrogen and oxygen atoms in total. The van der Waals surface area contributed by atoms with Crippen LogP contribution in [0.3, 0.4) is 0 Å². The predicted octanol–water partition coefficient (Wildman–Crippen LogP) is -2.03. The average Bonchev–Trinajstić information content (AvgIpc) is 2.31. The molecule has 4 atom stereocenters. The Morgan fingerprint density at radius 1 is 1.50 bits per heavy atom. The number of hydrogen-bond donors (Lipinski definition) is 4. The van der Waals surface area contributed by atoms with Crippen molar-refractivity contribution >= 4 is 0 Å². The summed E-state index contributed by atoms with van der Waals surface area (Å²) < 4.78 is 4.76. The summed E-state index contributed by atoms with van der Waals surface area (Å²) in [6, 6.07) is 0. The summed E-state index contributed by atoms with van der Waals surface area (Å²) in [5, 5.41) is 36.3. The van der Waals surface area contributed by atoms with Gasteiger partial charge >= 0.3 is 0 Å². The van der Waals surface area contributed by atoms with Crippen LogP contribution in [0.5, 0.6) is 0 Å². The van der Waals surface area contributed by atoms with Crippen molar-refractivity contribution in [3.8, 4) is 0 Å². The van der Waals surface area contributed by atoms with Gasteiger partial charge in [-0.15, -0.1) is 6.58 Å². The second-order valence-electron chi connectivity index (χ2n) is 2.76. The van der Waals surface area contributed by atoms with Gasteiger partial charge in [0.15, 0.2) is 0 Å². The zero-order chi connectivity index (χ0) is 9.35. The minimum atomic E-state index is -2.07. The van der Waals surface area contributed by atoms with Crippen LogP contribution in [0.4, 0.5) is 0 Å². The van der Waals surface area contributed by atoms with E-state index in [0.717, 1.165) is 0 Å². The number of rotatable bonds is 2. The van der Waals surface area contributed by atoms with Crippen molar-refractivity contribution in [2.75, 3.05) is 6.61 Å². The zero-order valence-electron chi connectivity index (χ0n) is 6.42. The molecule has 0 unspecified atom stereocenters. The third kappa shape index (κ3) is 1.26. The molecule has 0 amide bonds. The van der Waals surface area contributed by atoms with Crippen molar-refractivity contribution in [2.24, 2.45) is 0 Å². The number of ether oxygens (including phenoxy) is 1. The largest absolute Gasteiger partial charge is 0.391 e. The smallest absolute Gasteiger partial charge is 0.219 e. The van der Waals surface area contributed by atoms with Gasteiger partial charge in [0.05, 0.1) is 6.61 Å². The van der Waals surface area contributed by atoms with E-state index in [0.29, 0.717) is 0 Å². The summed E-state index contributed by atoms with van der Waals surface area (Å²) in [7, 11) is 0. The highest BCUT2D eigenvalue weighted by Gasteiger charge is 2.51. The predicted molar refractivity (Wildman–Crippen MR) is 39.1 cm³/mol. The fourth-order valence-corrected chi connectivity index (χ4v) is 1.14. The van der Waals surface area contributed by atoms with Gasteiger partial charge in [-0.05, 0) is 0 Å². The maximum Gasteiger partial charge on any atom is 0.219 e. The molecule has 70 valence electrons. The van der Waals surface area contributed by atoms with Gasteiger partial charge in [0, 0.05) is 0 Å².